The van der Waals surface area contributed by atoms with E-state index in [1.165, 1.54) is 0 Å². The summed E-state index contributed by atoms with van der Waals surface area (Å²) in [6.07, 6.45) is 0. The number of halogens is 2. The molecule has 2 aromatic carbocycles. The van der Waals surface area contributed by atoms with Gasteiger partial charge in [0.2, 0.25) is 0 Å². The summed E-state index contributed by atoms with van der Waals surface area (Å²) in [5, 5.41) is 3.18. The van der Waals surface area contributed by atoms with Crippen molar-refractivity contribution in [1.82, 2.24) is 4.57 Å². The first kappa shape index (κ1) is 21.0. The summed E-state index contributed by atoms with van der Waals surface area (Å²) in [5.74, 6) is -1.08. The highest BCUT2D eigenvalue weighted by molar-refractivity contribution is 6.39. The number of aromatic nitrogens is 1. The number of amides is 1. The molecule has 3 aromatic rings. The van der Waals surface area contributed by atoms with E-state index in [9.17, 15) is 9.59 Å². The summed E-state index contributed by atoms with van der Waals surface area (Å²) in [6, 6.07) is 16.6. The lowest BCUT2D eigenvalue weighted by molar-refractivity contribution is -0.119. The Morgan fingerprint density at radius 3 is 2.31 bits per heavy atom. The smallest absolute Gasteiger partial charge is 0.340 e. The summed E-state index contributed by atoms with van der Waals surface area (Å²) >= 11 is 12.1. The molecule has 1 amide bonds. The molecule has 0 fully saturated rings. The van der Waals surface area contributed by atoms with Gasteiger partial charge >= 0.3 is 5.97 Å². The van der Waals surface area contributed by atoms with E-state index in [-0.39, 0.29) is 5.69 Å². The van der Waals surface area contributed by atoms with Gasteiger partial charge < -0.3 is 14.6 Å². The van der Waals surface area contributed by atoms with Gasteiger partial charge in [0.25, 0.3) is 5.91 Å². The fraction of sp³-hybridized carbons (Fsp3) is 0.182. The molecule has 0 unspecified atom stereocenters. The maximum absolute atomic E-state index is 12.5. The fourth-order valence-corrected chi connectivity index (χ4v) is 3.51. The summed E-state index contributed by atoms with van der Waals surface area (Å²) in [4.78, 5) is 24.6. The van der Waals surface area contributed by atoms with Crippen LogP contribution in [0.5, 0.6) is 0 Å². The van der Waals surface area contributed by atoms with E-state index < -0.39 is 18.5 Å². The van der Waals surface area contributed by atoms with Crippen LogP contribution in [-0.2, 0) is 16.1 Å². The van der Waals surface area contributed by atoms with Crippen LogP contribution in [0.4, 0.5) is 5.69 Å². The second-order valence-corrected chi connectivity index (χ2v) is 7.39. The van der Waals surface area contributed by atoms with E-state index in [1.807, 2.05) is 48.7 Å². The number of aryl methyl sites for hydroxylation is 1. The Morgan fingerprint density at radius 2 is 1.66 bits per heavy atom. The minimum Gasteiger partial charge on any atom is -0.452 e. The first-order valence-corrected chi connectivity index (χ1v) is 9.74. The van der Waals surface area contributed by atoms with E-state index >= 15 is 0 Å². The number of carbonyl (C=O) groups is 2. The number of hydrogen-bond donors (Lipinski definition) is 1. The largest absolute Gasteiger partial charge is 0.452 e. The van der Waals surface area contributed by atoms with E-state index in [2.05, 4.69) is 5.32 Å². The Morgan fingerprint density at radius 1 is 1.00 bits per heavy atom. The number of hydrogen-bond acceptors (Lipinski definition) is 3. The molecule has 1 N–H and O–H groups in total. The lowest BCUT2D eigenvalue weighted by Gasteiger charge is -2.11. The van der Waals surface area contributed by atoms with Crippen molar-refractivity contribution < 1.29 is 14.3 Å². The molecule has 1 aromatic heterocycles. The zero-order valence-electron chi connectivity index (χ0n) is 16.0. The van der Waals surface area contributed by atoms with Crippen LogP contribution in [0, 0.1) is 13.8 Å². The molecule has 0 spiro atoms. The number of para-hydroxylation sites is 1. The average Bonchev–Trinajstić information content (AvgIpc) is 2.98. The molecule has 1 heterocycles. The number of benzene rings is 2. The third-order valence-electron chi connectivity index (χ3n) is 4.54. The molecule has 150 valence electrons. The molecule has 0 radical (unpaired) electrons. The molecule has 5 nitrogen and oxygen atoms in total. The molecule has 0 aliphatic carbocycles. The van der Waals surface area contributed by atoms with Crippen LogP contribution in [0.25, 0.3) is 0 Å². The van der Waals surface area contributed by atoms with E-state index in [0.29, 0.717) is 22.2 Å². The molecule has 0 atom stereocenters. The van der Waals surface area contributed by atoms with Crippen LogP contribution >= 0.6 is 23.2 Å². The molecular weight excluding hydrogens is 411 g/mol. The minimum absolute atomic E-state index is 0.290. The number of carbonyl (C=O) groups excluding carboxylic acids is 2. The van der Waals surface area contributed by atoms with E-state index in [0.717, 1.165) is 17.0 Å². The topological polar surface area (TPSA) is 60.3 Å². The van der Waals surface area contributed by atoms with Gasteiger partial charge in [-0.15, -0.1) is 0 Å². The van der Waals surface area contributed by atoms with Crippen LogP contribution in [0.15, 0.2) is 54.6 Å². The van der Waals surface area contributed by atoms with Crippen molar-refractivity contribution >= 4 is 40.8 Å². The van der Waals surface area contributed by atoms with Crippen molar-refractivity contribution in [3.8, 4) is 0 Å². The molecule has 0 bridgehead atoms. The Labute approximate surface area is 179 Å². The van der Waals surface area contributed by atoms with E-state index in [4.69, 9.17) is 27.9 Å². The van der Waals surface area contributed by atoms with Gasteiger partial charge in [-0.2, -0.15) is 0 Å². The summed E-state index contributed by atoms with van der Waals surface area (Å²) < 4.78 is 7.23. The van der Waals surface area contributed by atoms with Crippen molar-refractivity contribution in [2.45, 2.75) is 20.4 Å². The Hall–Kier alpha value is -2.76. The number of esters is 1. The van der Waals surface area contributed by atoms with Gasteiger partial charge in [-0.05, 0) is 37.6 Å². The van der Waals surface area contributed by atoms with E-state index in [1.54, 1.807) is 24.3 Å². The average molecular weight is 431 g/mol. The van der Waals surface area contributed by atoms with Gasteiger partial charge in [0.15, 0.2) is 6.61 Å². The number of ether oxygens (including phenoxy) is 1. The SMILES string of the molecule is Cc1cc(C(=O)OCC(=O)Nc2c(Cl)cccc2Cl)c(C)n1Cc1ccccc1. The van der Waals surface area contributed by atoms with Crippen LogP contribution in [0.3, 0.4) is 0 Å². The molecule has 0 saturated carbocycles. The number of nitrogens with zero attached hydrogens (tertiary/aromatic N) is 1. The zero-order chi connectivity index (χ0) is 21.0. The Balaban J connectivity index is 1.65. The zero-order valence-corrected chi connectivity index (χ0v) is 17.6. The minimum atomic E-state index is -0.558. The highest BCUT2D eigenvalue weighted by Crippen LogP contribution is 2.29. The van der Waals surface area contributed by atoms with Gasteiger partial charge in [0.05, 0.1) is 21.3 Å². The fourth-order valence-electron chi connectivity index (χ4n) is 3.02. The first-order chi connectivity index (χ1) is 13.9. The summed E-state index contributed by atoms with van der Waals surface area (Å²) in [5.41, 5.74) is 3.57. The van der Waals surface area contributed by atoms with Gasteiger partial charge in [0.1, 0.15) is 0 Å². The van der Waals surface area contributed by atoms with Crippen LogP contribution in [0.2, 0.25) is 10.0 Å². The maximum Gasteiger partial charge on any atom is 0.340 e. The highest BCUT2D eigenvalue weighted by Gasteiger charge is 2.19. The van der Waals surface area contributed by atoms with Crippen molar-refractivity contribution in [2.24, 2.45) is 0 Å². The molecule has 0 saturated heterocycles. The monoisotopic (exact) mass is 430 g/mol. The number of anilines is 1. The Kier molecular flexibility index (Phi) is 6.62. The van der Waals surface area contributed by atoms with Gasteiger partial charge in [-0.1, -0.05) is 59.6 Å². The summed E-state index contributed by atoms with van der Waals surface area (Å²) in [7, 11) is 0. The van der Waals surface area contributed by atoms with Crippen molar-refractivity contribution in [3.63, 3.8) is 0 Å². The second kappa shape index (κ2) is 9.16. The van der Waals surface area contributed by atoms with Crippen LogP contribution in [0.1, 0.15) is 27.3 Å². The molecule has 7 heteroatoms. The molecule has 0 aliphatic heterocycles. The summed E-state index contributed by atoms with van der Waals surface area (Å²) in [6.45, 7) is 4.00. The standard InChI is InChI=1S/C22H20Cl2N2O3/c1-14-11-17(15(2)26(14)12-16-7-4-3-5-8-16)22(28)29-13-20(27)25-21-18(23)9-6-10-19(21)24/h3-11H,12-13H2,1-2H3,(H,25,27). The number of nitrogens with one attached hydrogen (secondary N) is 1. The first-order valence-electron chi connectivity index (χ1n) is 8.98. The highest BCUT2D eigenvalue weighted by atomic mass is 35.5. The maximum atomic E-state index is 12.5. The van der Waals surface area contributed by atoms with Gasteiger partial charge in [0, 0.05) is 17.9 Å². The third kappa shape index (κ3) is 5.00. The molecule has 0 aliphatic rings. The van der Waals surface area contributed by atoms with Gasteiger partial charge in [-0.3, -0.25) is 4.79 Å². The van der Waals surface area contributed by atoms with Crippen molar-refractivity contribution in [3.05, 3.63) is 87.2 Å². The van der Waals surface area contributed by atoms with Crippen molar-refractivity contribution in [2.75, 3.05) is 11.9 Å². The molecular formula is C22H20Cl2N2O3. The normalized spacial score (nSPS) is 10.6. The molecule has 3 rings (SSSR count). The predicted molar refractivity (Wildman–Crippen MR) is 115 cm³/mol. The third-order valence-corrected chi connectivity index (χ3v) is 5.17. The Bertz CT molecular complexity index is 1030. The van der Waals surface area contributed by atoms with Crippen LogP contribution < -0.4 is 5.32 Å². The van der Waals surface area contributed by atoms with Crippen molar-refractivity contribution in [1.29, 1.82) is 0 Å². The quantitative estimate of drug-likeness (QED) is 0.542. The lowest BCUT2D eigenvalue weighted by Crippen LogP contribution is -2.21. The predicted octanol–water partition coefficient (Wildman–Crippen LogP) is 5.26. The molecule has 29 heavy (non-hydrogen) atoms. The number of rotatable bonds is 6. The lowest BCUT2D eigenvalue weighted by atomic mass is 10.2. The van der Waals surface area contributed by atoms with Gasteiger partial charge in [-0.25, -0.2) is 4.79 Å². The second-order valence-electron chi connectivity index (χ2n) is 6.58. The van der Waals surface area contributed by atoms with Crippen LogP contribution in [-0.4, -0.2) is 23.1 Å².